The summed E-state index contributed by atoms with van der Waals surface area (Å²) in [6.07, 6.45) is -3.88. The van der Waals surface area contributed by atoms with Gasteiger partial charge in [0.25, 0.3) is 5.56 Å². The molecule has 1 heterocycles. The lowest BCUT2D eigenvalue weighted by atomic mass is 10.3. The van der Waals surface area contributed by atoms with Crippen molar-refractivity contribution in [3.05, 3.63) is 33.2 Å². The molecule has 0 radical (unpaired) electrons. The summed E-state index contributed by atoms with van der Waals surface area (Å²) in [5.74, 6) is -1.62. The molecule has 0 amide bonds. The smallest absolute Gasteiger partial charge is 0.406 e. The molecule has 1 rings (SSSR count). The van der Waals surface area contributed by atoms with Crippen LogP contribution < -0.4 is 5.56 Å². The first kappa shape index (κ1) is 12.6. The largest absolute Gasteiger partial charge is 0.477 e. The molecule has 0 unspecified atom stereocenters. The average molecular weight is 256 g/mol. The standard InChI is InChI=1S/C8H5ClF3NO3/c9-4-1-5(7(15)16)6(14)13(2-4)3-8(10,11)12/h1-2H,3H2,(H,15,16). The molecular formula is C8H5ClF3NO3. The Kier molecular flexibility index (Phi) is 3.27. The Bertz CT molecular complexity index is 480. The average Bonchev–Trinajstić information content (AvgIpc) is 2.07. The highest BCUT2D eigenvalue weighted by molar-refractivity contribution is 6.30. The monoisotopic (exact) mass is 255 g/mol. The summed E-state index contributed by atoms with van der Waals surface area (Å²) in [5.41, 5.74) is -2.04. The SMILES string of the molecule is O=C(O)c1cc(Cl)cn(CC(F)(F)F)c1=O. The third-order valence-corrected chi connectivity index (χ3v) is 1.84. The fourth-order valence-electron chi connectivity index (χ4n) is 1.06. The Hall–Kier alpha value is -1.50. The molecule has 8 heteroatoms. The number of alkyl halides is 3. The molecule has 0 aliphatic rings. The van der Waals surface area contributed by atoms with Gasteiger partial charge in [-0.05, 0) is 6.07 Å². The number of halogens is 4. The number of pyridine rings is 1. The number of rotatable bonds is 2. The van der Waals surface area contributed by atoms with Crippen molar-refractivity contribution in [3.63, 3.8) is 0 Å². The molecule has 0 aliphatic heterocycles. The van der Waals surface area contributed by atoms with Crippen LogP contribution in [0.1, 0.15) is 10.4 Å². The zero-order valence-electron chi connectivity index (χ0n) is 7.58. The van der Waals surface area contributed by atoms with Crippen LogP contribution in [-0.2, 0) is 6.54 Å². The zero-order chi connectivity index (χ0) is 12.5. The maximum Gasteiger partial charge on any atom is 0.406 e. The minimum atomic E-state index is -4.62. The van der Waals surface area contributed by atoms with Crippen LogP contribution in [0, 0.1) is 0 Å². The normalized spacial score (nSPS) is 11.5. The number of hydrogen-bond donors (Lipinski definition) is 1. The van der Waals surface area contributed by atoms with Gasteiger partial charge < -0.3 is 9.67 Å². The number of carbonyl (C=O) groups is 1. The highest BCUT2D eigenvalue weighted by Crippen LogP contribution is 2.17. The van der Waals surface area contributed by atoms with Gasteiger partial charge in [0.1, 0.15) is 12.1 Å². The summed E-state index contributed by atoms with van der Waals surface area (Å²) in [7, 11) is 0. The van der Waals surface area contributed by atoms with Crippen LogP contribution in [0.25, 0.3) is 0 Å². The Morgan fingerprint density at radius 1 is 1.50 bits per heavy atom. The fourth-order valence-corrected chi connectivity index (χ4v) is 1.29. The Balaban J connectivity index is 3.31. The van der Waals surface area contributed by atoms with Crippen LogP contribution in [-0.4, -0.2) is 21.8 Å². The van der Waals surface area contributed by atoms with Gasteiger partial charge in [0.15, 0.2) is 0 Å². The Labute approximate surface area is 91.9 Å². The van der Waals surface area contributed by atoms with Crippen LogP contribution in [0.3, 0.4) is 0 Å². The fraction of sp³-hybridized carbons (Fsp3) is 0.250. The number of carboxylic acid groups (broad SMARTS) is 1. The molecule has 4 nitrogen and oxygen atoms in total. The van der Waals surface area contributed by atoms with Crippen molar-refractivity contribution in [2.24, 2.45) is 0 Å². The highest BCUT2D eigenvalue weighted by atomic mass is 35.5. The summed E-state index contributed by atoms with van der Waals surface area (Å²) in [6.45, 7) is -1.58. The van der Waals surface area contributed by atoms with E-state index in [0.717, 1.165) is 12.3 Å². The molecule has 1 aromatic heterocycles. The quantitative estimate of drug-likeness (QED) is 0.876. The lowest BCUT2D eigenvalue weighted by molar-refractivity contribution is -0.141. The van der Waals surface area contributed by atoms with Crippen molar-refractivity contribution >= 4 is 17.6 Å². The molecule has 0 fully saturated rings. The number of nitrogens with zero attached hydrogens (tertiary/aromatic N) is 1. The summed E-state index contributed by atoms with van der Waals surface area (Å²) >= 11 is 5.40. The number of hydrogen-bond acceptors (Lipinski definition) is 2. The van der Waals surface area contributed by atoms with Gasteiger partial charge in [0, 0.05) is 6.20 Å². The van der Waals surface area contributed by atoms with E-state index in [1.54, 1.807) is 0 Å². The predicted molar refractivity (Wildman–Crippen MR) is 48.7 cm³/mol. The summed E-state index contributed by atoms with van der Waals surface area (Å²) in [4.78, 5) is 21.8. The Morgan fingerprint density at radius 3 is 2.50 bits per heavy atom. The summed E-state index contributed by atoms with van der Waals surface area (Å²) in [5, 5.41) is 8.31. The number of aromatic carboxylic acids is 1. The minimum absolute atomic E-state index is 0.214. The van der Waals surface area contributed by atoms with E-state index in [1.165, 1.54) is 0 Å². The predicted octanol–water partition coefficient (Wildman–Crippen LogP) is 1.76. The zero-order valence-corrected chi connectivity index (χ0v) is 8.34. The maximum absolute atomic E-state index is 12.0. The van der Waals surface area contributed by atoms with E-state index in [4.69, 9.17) is 16.7 Å². The first-order valence-electron chi connectivity index (χ1n) is 3.91. The topological polar surface area (TPSA) is 59.3 Å². The van der Waals surface area contributed by atoms with E-state index >= 15 is 0 Å². The third kappa shape index (κ3) is 2.99. The van der Waals surface area contributed by atoms with Crippen LogP contribution in [0.15, 0.2) is 17.1 Å². The van der Waals surface area contributed by atoms with E-state index in [9.17, 15) is 22.8 Å². The van der Waals surface area contributed by atoms with Crippen molar-refractivity contribution in [2.45, 2.75) is 12.7 Å². The maximum atomic E-state index is 12.0. The third-order valence-electron chi connectivity index (χ3n) is 1.63. The Morgan fingerprint density at radius 2 is 2.06 bits per heavy atom. The molecule has 0 atom stereocenters. The van der Waals surface area contributed by atoms with Gasteiger partial charge in [-0.3, -0.25) is 4.79 Å². The lowest BCUT2D eigenvalue weighted by Gasteiger charge is -2.10. The van der Waals surface area contributed by atoms with E-state index in [0.29, 0.717) is 0 Å². The van der Waals surface area contributed by atoms with Crippen molar-refractivity contribution in [1.82, 2.24) is 4.57 Å². The molecule has 1 aromatic rings. The number of aromatic nitrogens is 1. The van der Waals surface area contributed by atoms with Crippen molar-refractivity contribution in [1.29, 1.82) is 0 Å². The molecule has 0 saturated heterocycles. The van der Waals surface area contributed by atoms with Crippen molar-refractivity contribution in [3.8, 4) is 0 Å². The first-order chi connectivity index (χ1) is 7.20. The van der Waals surface area contributed by atoms with Crippen molar-refractivity contribution < 1.29 is 23.1 Å². The minimum Gasteiger partial charge on any atom is -0.477 e. The van der Waals surface area contributed by atoms with Gasteiger partial charge in [0.2, 0.25) is 0 Å². The first-order valence-corrected chi connectivity index (χ1v) is 4.28. The van der Waals surface area contributed by atoms with Gasteiger partial charge in [-0.15, -0.1) is 0 Å². The molecule has 0 bridgehead atoms. The second kappa shape index (κ2) is 4.17. The molecular weight excluding hydrogens is 251 g/mol. The summed E-state index contributed by atoms with van der Waals surface area (Å²) < 4.78 is 36.3. The van der Waals surface area contributed by atoms with Gasteiger partial charge in [0.05, 0.1) is 5.02 Å². The van der Waals surface area contributed by atoms with Crippen LogP contribution in [0.2, 0.25) is 5.02 Å². The number of carboxylic acids is 1. The molecule has 1 N–H and O–H groups in total. The van der Waals surface area contributed by atoms with Crippen molar-refractivity contribution in [2.75, 3.05) is 0 Å². The summed E-state index contributed by atoms with van der Waals surface area (Å²) in [6, 6.07) is 0.805. The van der Waals surface area contributed by atoms with Crippen LogP contribution >= 0.6 is 11.6 Å². The molecule has 0 aliphatic carbocycles. The van der Waals surface area contributed by atoms with Gasteiger partial charge in [-0.25, -0.2) is 4.79 Å². The molecule has 88 valence electrons. The van der Waals surface area contributed by atoms with Gasteiger partial charge >= 0.3 is 12.1 Å². The second-order valence-electron chi connectivity index (χ2n) is 2.93. The van der Waals surface area contributed by atoms with Crippen LogP contribution in [0.4, 0.5) is 13.2 Å². The molecule has 0 spiro atoms. The molecule has 0 saturated carbocycles. The lowest BCUT2D eigenvalue weighted by Crippen LogP contribution is -2.31. The van der Waals surface area contributed by atoms with E-state index in [1.807, 2.05) is 0 Å². The van der Waals surface area contributed by atoms with E-state index < -0.39 is 29.8 Å². The van der Waals surface area contributed by atoms with Crippen LogP contribution in [0.5, 0.6) is 0 Å². The van der Waals surface area contributed by atoms with E-state index in [-0.39, 0.29) is 9.59 Å². The van der Waals surface area contributed by atoms with Gasteiger partial charge in [-0.1, -0.05) is 11.6 Å². The van der Waals surface area contributed by atoms with E-state index in [2.05, 4.69) is 0 Å². The second-order valence-corrected chi connectivity index (χ2v) is 3.36. The molecule has 16 heavy (non-hydrogen) atoms. The van der Waals surface area contributed by atoms with Gasteiger partial charge in [-0.2, -0.15) is 13.2 Å². The highest BCUT2D eigenvalue weighted by Gasteiger charge is 2.29. The molecule has 0 aromatic carbocycles.